The highest BCUT2D eigenvalue weighted by atomic mass is 35.5. The quantitative estimate of drug-likeness (QED) is 0.935. The minimum atomic E-state index is -0.785. The van der Waals surface area contributed by atoms with Gasteiger partial charge in [0.2, 0.25) is 0 Å². The van der Waals surface area contributed by atoms with Crippen molar-refractivity contribution in [1.29, 1.82) is 5.26 Å². The van der Waals surface area contributed by atoms with Gasteiger partial charge in [0.05, 0.1) is 10.7 Å². The molecule has 0 radical (unpaired) electrons. The van der Waals surface area contributed by atoms with Crippen molar-refractivity contribution in [3.8, 4) is 6.07 Å². The zero-order valence-electron chi connectivity index (χ0n) is 9.62. The number of nitriles is 1. The summed E-state index contributed by atoms with van der Waals surface area (Å²) in [5.74, 6) is -1.53. The third-order valence-corrected chi connectivity index (χ3v) is 2.76. The Balaban J connectivity index is 2.22. The summed E-state index contributed by atoms with van der Waals surface area (Å²) in [6.07, 6.45) is 1.49. The van der Waals surface area contributed by atoms with E-state index < -0.39 is 11.6 Å². The lowest BCUT2D eigenvalue weighted by Crippen LogP contribution is -2.05. The van der Waals surface area contributed by atoms with Gasteiger partial charge in [0.1, 0.15) is 17.6 Å². The number of aromatic nitrogens is 1. The minimum absolute atomic E-state index is 0.00388. The standard InChI is InChI=1S/C13H8ClF2N3/c14-10-4-9(15)5-11(16)13(10)19-7-8-2-1-3-18-12(8)6-17/h1-5,19H,7H2. The molecule has 2 rings (SSSR count). The molecular weight excluding hydrogens is 272 g/mol. The molecule has 19 heavy (non-hydrogen) atoms. The van der Waals surface area contributed by atoms with E-state index >= 15 is 0 Å². The van der Waals surface area contributed by atoms with Gasteiger partial charge in [-0.3, -0.25) is 0 Å². The van der Waals surface area contributed by atoms with Gasteiger partial charge in [0.15, 0.2) is 5.82 Å². The predicted octanol–water partition coefficient (Wildman–Crippen LogP) is 3.50. The molecule has 0 aliphatic rings. The molecule has 0 fully saturated rings. The Bertz CT molecular complexity index is 630. The second-order valence-corrected chi connectivity index (χ2v) is 4.13. The molecule has 2 aromatic rings. The molecule has 0 bridgehead atoms. The maximum Gasteiger partial charge on any atom is 0.150 e. The topological polar surface area (TPSA) is 48.7 Å². The normalized spacial score (nSPS) is 10.0. The highest BCUT2D eigenvalue weighted by Crippen LogP contribution is 2.26. The van der Waals surface area contributed by atoms with Gasteiger partial charge in [0.25, 0.3) is 0 Å². The lowest BCUT2D eigenvalue weighted by Gasteiger charge is -2.10. The zero-order chi connectivity index (χ0) is 13.8. The van der Waals surface area contributed by atoms with Crippen molar-refractivity contribution in [2.75, 3.05) is 5.32 Å². The number of nitrogens with one attached hydrogen (secondary N) is 1. The first-order valence-corrected chi connectivity index (χ1v) is 5.72. The Hall–Kier alpha value is -2.19. The Morgan fingerprint density at radius 3 is 2.84 bits per heavy atom. The fourth-order valence-electron chi connectivity index (χ4n) is 1.58. The molecule has 0 saturated carbocycles. The number of rotatable bonds is 3. The molecule has 3 nitrogen and oxygen atoms in total. The molecule has 0 unspecified atom stereocenters. The van der Waals surface area contributed by atoms with E-state index in [4.69, 9.17) is 16.9 Å². The summed E-state index contributed by atoms with van der Waals surface area (Å²) in [6, 6.07) is 7.04. The van der Waals surface area contributed by atoms with Crippen LogP contribution in [-0.4, -0.2) is 4.98 Å². The number of hydrogen-bond donors (Lipinski definition) is 1. The number of halogens is 3. The molecule has 6 heteroatoms. The fourth-order valence-corrected chi connectivity index (χ4v) is 1.84. The SMILES string of the molecule is N#Cc1ncccc1CNc1c(F)cc(F)cc1Cl. The van der Waals surface area contributed by atoms with Gasteiger partial charge in [0, 0.05) is 24.4 Å². The summed E-state index contributed by atoms with van der Waals surface area (Å²) < 4.78 is 26.4. The summed E-state index contributed by atoms with van der Waals surface area (Å²) in [4.78, 5) is 3.88. The van der Waals surface area contributed by atoms with E-state index in [-0.39, 0.29) is 22.9 Å². The van der Waals surface area contributed by atoms with Crippen LogP contribution in [0.5, 0.6) is 0 Å². The van der Waals surface area contributed by atoms with Gasteiger partial charge in [-0.15, -0.1) is 0 Å². The van der Waals surface area contributed by atoms with Crippen LogP contribution >= 0.6 is 11.6 Å². The van der Waals surface area contributed by atoms with Gasteiger partial charge in [-0.25, -0.2) is 13.8 Å². The number of anilines is 1. The van der Waals surface area contributed by atoms with E-state index in [9.17, 15) is 8.78 Å². The van der Waals surface area contributed by atoms with Crippen LogP contribution in [0.15, 0.2) is 30.5 Å². The maximum absolute atomic E-state index is 13.5. The van der Waals surface area contributed by atoms with E-state index in [1.165, 1.54) is 6.20 Å². The van der Waals surface area contributed by atoms with Crippen LogP contribution in [0.1, 0.15) is 11.3 Å². The Kier molecular flexibility index (Phi) is 3.93. The number of benzene rings is 1. The van der Waals surface area contributed by atoms with E-state index in [0.29, 0.717) is 5.56 Å². The minimum Gasteiger partial charge on any atom is -0.377 e. The van der Waals surface area contributed by atoms with Crippen LogP contribution in [0.4, 0.5) is 14.5 Å². The Morgan fingerprint density at radius 1 is 1.37 bits per heavy atom. The Labute approximate surface area is 113 Å². The molecule has 1 N–H and O–H groups in total. The monoisotopic (exact) mass is 279 g/mol. The van der Waals surface area contributed by atoms with E-state index in [1.807, 2.05) is 6.07 Å². The molecule has 0 aliphatic carbocycles. The third kappa shape index (κ3) is 2.98. The van der Waals surface area contributed by atoms with Crippen molar-refractivity contribution in [3.05, 3.63) is 58.4 Å². The molecule has 0 spiro atoms. The van der Waals surface area contributed by atoms with Crippen molar-refractivity contribution in [3.63, 3.8) is 0 Å². The van der Waals surface area contributed by atoms with Crippen LogP contribution in [0.2, 0.25) is 5.02 Å². The number of nitrogens with zero attached hydrogens (tertiary/aromatic N) is 2. The van der Waals surface area contributed by atoms with Gasteiger partial charge in [-0.1, -0.05) is 17.7 Å². The molecule has 96 valence electrons. The number of hydrogen-bond acceptors (Lipinski definition) is 3. The van der Waals surface area contributed by atoms with E-state index in [0.717, 1.165) is 12.1 Å². The smallest absolute Gasteiger partial charge is 0.150 e. The molecule has 0 aliphatic heterocycles. The van der Waals surface area contributed by atoms with Gasteiger partial charge >= 0.3 is 0 Å². The molecule has 1 heterocycles. The van der Waals surface area contributed by atoms with Crippen molar-refractivity contribution in [2.24, 2.45) is 0 Å². The Morgan fingerprint density at radius 2 is 2.16 bits per heavy atom. The van der Waals surface area contributed by atoms with Crippen LogP contribution < -0.4 is 5.32 Å². The highest BCUT2D eigenvalue weighted by Gasteiger charge is 2.10. The van der Waals surface area contributed by atoms with Crippen LogP contribution in [-0.2, 0) is 6.54 Å². The lowest BCUT2D eigenvalue weighted by atomic mass is 10.2. The van der Waals surface area contributed by atoms with E-state index in [2.05, 4.69) is 10.3 Å². The van der Waals surface area contributed by atoms with Crippen LogP contribution in [0.25, 0.3) is 0 Å². The average Bonchev–Trinajstić information content (AvgIpc) is 2.38. The summed E-state index contributed by atoms with van der Waals surface area (Å²) in [7, 11) is 0. The average molecular weight is 280 g/mol. The maximum atomic E-state index is 13.5. The first-order chi connectivity index (χ1) is 9.11. The first-order valence-electron chi connectivity index (χ1n) is 5.34. The molecule has 0 amide bonds. The molecule has 0 saturated heterocycles. The summed E-state index contributed by atoms with van der Waals surface area (Å²) in [5, 5.41) is 11.6. The highest BCUT2D eigenvalue weighted by molar-refractivity contribution is 6.33. The lowest BCUT2D eigenvalue weighted by molar-refractivity contribution is 0.585. The van der Waals surface area contributed by atoms with Gasteiger partial charge < -0.3 is 5.32 Å². The van der Waals surface area contributed by atoms with Crippen LogP contribution in [0.3, 0.4) is 0 Å². The largest absolute Gasteiger partial charge is 0.377 e. The molecular formula is C13H8ClF2N3. The first kappa shape index (κ1) is 13.2. The van der Waals surface area contributed by atoms with E-state index in [1.54, 1.807) is 12.1 Å². The van der Waals surface area contributed by atoms with Crippen molar-refractivity contribution >= 4 is 17.3 Å². The number of pyridine rings is 1. The third-order valence-electron chi connectivity index (χ3n) is 2.46. The second kappa shape index (κ2) is 5.63. The summed E-state index contributed by atoms with van der Waals surface area (Å²) in [5.41, 5.74) is 0.842. The second-order valence-electron chi connectivity index (χ2n) is 3.72. The van der Waals surface area contributed by atoms with Crippen molar-refractivity contribution in [2.45, 2.75) is 6.54 Å². The van der Waals surface area contributed by atoms with Gasteiger partial charge in [-0.05, 0) is 12.1 Å². The predicted molar refractivity (Wildman–Crippen MR) is 67.6 cm³/mol. The van der Waals surface area contributed by atoms with Crippen molar-refractivity contribution in [1.82, 2.24) is 4.98 Å². The van der Waals surface area contributed by atoms with Crippen molar-refractivity contribution < 1.29 is 8.78 Å². The molecule has 0 atom stereocenters. The fraction of sp³-hybridized carbons (Fsp3) is 0.0769. The molecule has 1 aromatic heterocycles. The summed E-state index contributed by atoms with van der Waals surface area (Å²) >= 11 is 5.75. The molecule has 1 aromatic carbocycles. The van der Waals surface area contributed by atoms with Gasteiger partial charge in [-0.2, -0.15) is 5.26 Å². The summed E-state index contributed by atoms with van der Waals surface area (Å²) in [6.45, 7) is 0.166. The van der Waals surface area contributed by atoms with Crippen LogP contribution in [0, 0.1) is 23.0 Å². The zero-order valence-corrected chi connectivity index (χ0v) is 10.4.